The first kappa shape index (κ1) is 14.9. The van der Waals surface area contributed by atoms with E-state index in [0.717, 1.165) is 28.6 Å². The number of para-hydroxylation sites is 2. The average molecular weight is 335 g/mol. The molecule has 120 valence electrons. The van der Waals surface area contributed by atoms with Gasteiger partial charge in [0.2, 0.25) is 5.91 Å². The summed E-state index contributed by atoms with van der Waals surface area (Å²) in [7, 11) is 0. The molecule has 4 rings (SSSR count). The number of fused-ring (bicyclic) bond motifs is 2. The Labute approximate surface area is 143 Å². The zero-order chi connectivity index (χ0) is 16.4. The number of nitrogens with zero attached hydrogens (tertiary/aromatic N) is 1. The summed E-state index contributed by atoms with van der Waals surface area (Å²) in [6.07, 6.45) is 4.24. The fourth-order valence-corrected chi connectivity index (χ4v) is 3.77. The van der Waals surface area contributed by atoms with Crippen LogP contribution in [0, 0.1) is 0 Å². The molecule has 0 aliphatic carbocycles. The monoisotopic (exact) mass is 335 g/mol. The zero-order valence-corrected chi connectivity index (χ0v) is 13.9. The fraction of sp³-hybridized carbons (Fsp3) is 0.158. The molecule has 1 amide bonds. The second kappa shape index (κ2) is 6.45. The van der Waals surface area contributed by atoms with Crippen LogP contribution in [-0.2, 0) is 11.2 Å². The van der Waals surface area contributed by atoms with Crippen LogP contribution in [0.25, 0.3) is 21.1 Å². The number of nitrogens with one attached hydrogen (secondary N) is 2. The highest BCUT2D eigenvalue weighted by Gasteiger charge is 2.08. The van der Waals surface area contributed by atoms with Gasteiger partial charge in [0, 0.05) is 23.5 Å². The van der Waals surface area contributed by atoms with E-state index in [0.29, 0.717) is 11.6 Å². The highest BCUT2D eigenvalue weighted by Crippen LogP contribution is 2.25. The van der Waals surface area contributed by atoms with Crippen molar-refractivity contribution in [2.24, 2.45) is 0 Å². The summed E-state index contributed by atoms with van der Waals surface area (Å²) in [5.41, 5.74) is 3.33. The number of amides is 1. The summed E-state index contributed by atoms with van der Waals surface area (Å²) < 4.78 is 1.09. The van der Waals surface area contributed by atoms with Crippen LogP contribution in [-0.4, -0.2) is 15.9 Å². The van der Waals surface area contributed by atoms with E-state index in [1.165, 1.54) is 22.3 Å². The Morgan fingerprint density at radius 3 is 2.88 bits per heavy atom. The third-order valence-corrected chi connectivity index (χ3v) is 5.02. The predicted octanol–water partition coefficient (Wildman–Crippen LogP) is 4.74. The second-order valence-electron chi connectivity index (χ2n) is 5.75. The molecule has 4 nitrogen and oxygen atoms in total. The summed E-state index contributed by atoms with van der Waals surface area (Å²) >= 11 is 1.51. The summed E-state index contributed by atoms with van der Waals surface area (Å²) in [6.45, 7) is 0. The van der Waals surface area contributed by atoms with E-state index in [4.69, 9.17) is 0 Å². The minimum absolute atomic E-state index is 0.0221. The second-order valence-corrected chi connectivity index (χ2v) is 6.78. The Bertz CT molecular complexity index is 969. The number of anilines is 1. The molecule has 5 heteroatoms. The SMILES string of the molecule is O=C(CCCc1c[nH]c2ccccc12)Nc1nc2ccccc2s1. The number of benzene rings is 2. The number of aromatic nitrogens is 2. The summed E-state index contributed by atoms with van der Waals surface area (Å²) in [5, 5.41) is 4.82. The maximum absolute atomic E-state index is 12.1. The highest BCUT2D eigenvalue weighted by molar-refractivity contribution is 7.22. The first-order valence-corrected chi connectivity index (χ1v) is 8.82. The lowest BCUT2D eigenvalue weighted by Crippen LogP contribution is -2.11. The van der Waals surface area contributed by atoms with Crippen molar-refractivity contribution in [3.8, 4) is 0 Å². The molecule has 0 saturated carbocycles. The molecule has 0 aliphatic heterocycles. The van der Waals surface area contributed by atoms with Crippen LogP contribution >= 0.6 is 11.3 Å². The van der Waals surface area contributed by atoms with Crippen molar-refractivity contribution in [2.45, 2.75) is 19.3 Å². The van der Waals surface area contributed by atoms with Crippen molar-refractivity contribution in [1.29, 1.82) is 0 Å². The lowest BCUT2D eigenvalue weighted by molar-refractivity contribution is -0.116. The number of aromatic amines is 1. The quantitative estimate of drug-likeness (QED) is 0.553. The van der Waals surface area contributed by atoms with Crippen molar-refractivity contribution >= 4 is 43.5 Å². The van der Waals surface area contributed by atoms with Gasteiger partial charge in [-0.05, 0) is 36.6 Å². The molecular weight excluding hydrogens is 318 g/mol. The summed E-state index contributed by atoms with van der Waals surface area (Å²) in [6, 6.07) is 16.1. The van der Waals surface area contributed by atoms with Crippen molar-refractivity contribution in [2.75, 3.05) is 5.32 Å². The lowest BCUT2D eigenvalue weighted by atomic mass is 10.1. The highest BCUT2D eigenvalue weighted by atomic mass is 32.1. The van der Waals surface area contributed by atoms with Crippen LogP contribution in [0.3, 0.4) is 0 Å². The number of aryl methyl sites for hydroxylation is 1. The number of H-pyrrole nitrogens is 1. The third kappa shape index (κ3) is 3.03. The molecule has 4 aromatic rings. The average Bonchev–Trinajstić information content (AvgIpc) is 3.18. The normalized spacial score (nSPS) is 11.2. The minimum atomic E-state index is 0.0221. The number of thiazole rings is 1. The molecule has 2 aromatic carbocycles. The number of carbonyl (C=O) groups is 1. The lowest BCUT2D eigenvalue weighted by Gasteiger charge is -2.01. The van der Waals surface area contributed by atoms with Crippen LogP contribution in [0.5, 0.6) is 0 Å². The number of hydrogen-bond acceptors (Lipinski definition) is 3. The first-order valence-electron chi connectivity index (χ1n) is 8.00. The molecule has 0 radical (unpaired) electrons. The molecular formula is C19H17N3OS. The van der Waals surface area contributed by atoms with E-state index in [1.54, 1.807) is 0 Å². The summed E-state index contributed by atoms with van der Waals surface area (Å²) in [4.78, 5) is 19.8. The topological polar surface area (TPSA) is 57.8 Å². The van der Waals surface area contributed by atoms with Gasteiger partial charge >= 0.3 is 0 Å². The van der Waals surface area contributed by atoms with Gasteiger partial charge < -0.3 is 10.3 Å². The summed E-state index contributed by atoms with van der Waals surface area (Å²) in [5.74, 6) is 0.0221. The molecule has 0 saturated heterocycles. The molecule has 2 aromatic heterocycles. The van der Waals surface area contributed by atoms with Gasteiger partial charge in [-0.25, -0.2) is 4.98 Å². The van der Waals surface area contributed by atoms with E-state index in [2.05, 4.69) is 27.4 Å². The third-order valence-electron chi connectivity index (χ3n) is 4.07. The maximum Gasteiger partial charge on any atom is 0.226 e. The maximum atomic E-state index is 12.1. The van der Waals surface area contributed by atoms with Gasteiger partial charge in [-0.2, -0.15) is 0 Å². The van der Waals surface area contributed by atoms with Gasteiger partial charge in [0.05, 0.1) is 10.2 Å². The first-order chi connectivity index (χ1) is 11.8. The Morgan fingerprint density at radius 2 is 1.96 bits per heavy atom. The molecule has 0 bridgehead atoms. The van der Waals surface area contributed by atoms with E-state index in [1.807, 2.05) is 42.6 Å². The van der Waals surface area contributed by atoms with E-state index >= 15 is 0 Å². The van der Waals surface area contributed by atoms with Gasteiger partial charge in [-0.3, -0.25) is 4.79 Å². The number of carbonyl (C=O) groups excluding carboxylic acids is 1. The van der Waals surface area contributed by atoms with E-state index in [-0.39, 0.29) is 5.91 Å². The number of hydrogen-bond donors (Lipinski definition) is 2. The van der Waals surface area contributed by atoms with Crippen molar-refractivity contribution in [3.63, 3.8) is 0 Å². The Kier molecular flexibility index (Phi) is 4.01. The smallest absolute Gasteiger partial charge is 0.226 e. The van der Waals surface area contributed by atoms with Crippen LogP contribution in [0.1, 0.15) is 18.4 Å². The molecule has 0 spiro atoms. The van der Waals surface area contributed by atoms with Gasteiger partial charge in [-0.1, -0.05) is 41.7 Å². The minimum Gasteiger partial charge on any atom is -0.361 e. The molecule has 0 atom stereocenters. The molecule has 2 N–H and O–H groups in total. The Morgan fingerprint density at radius 1 is 1.12 bits per heavy atom. The molecule has 0 aliphatic rings. The molecule has 0 fully saturated rings. The molecule has 2 heterocycles. The molecule has 24 heavy (non-hydrogen) atoms. The van der Waals surface area contributed by atoms with Crippen molar-refractivity contribution in [3.05, 3.63) is 60.3 Å². The van der Waals surface area contributed by atoms with E-state index in [9.17, 15) is 4.79 Å². The Hall–Kier alpha value is -2.66. The van der Waals surface area contributed by atoms with Crippen LogP contribution in [0.2, 0.25) is 0 Å². The van der Waals surface area contributed by atoms with Crippen LogP contribution < -0.4 is 5.32 Å². The largest absolute Gasteiger partial charge is 0.361 e. The molecule has 0 unspecified atom stereocenters. The zero-order valence-electron chi connectivity index (χ0n) is 13.1. The van der Waals surface area contributed by atoms with Crippen molar-refractivity contribution < 1.29 is 4.79 Å². The van der Waals surface area contributed by atoms with Gasteiger partial charge in [0.25, 0.3) is 0 Å². The van der Waals surface area contributed by atoms with Gasteiger partial charge in [0.15, 0.2) is 5.13 Å². The van der Waals surface area contributed by atoms with Crippen LogP contribution in [0.15, 0.2) is 54.7 Å². The van der Waals surface area contributed by atoms with Gasteiger partial charge in [0.1, 0.15) is 0 Å². The number of rotatable bonds is 5. The fourth-order valence-electron chi connectivity index (χ4n) is 2.89. The predicted molar refractivity (Wildman–Crippen MR) is 99.5 cm³/mol. The van der Waals surface area contributed by atoms with E-state index < -0.39 is 0 Å². The Balaban J connectivity index is 1.35. The van der Waals surface area contributed by atoms with Crippen molar-refractivity contribution in [1.82, 2.24) is 9.97 Å². The van der Waals surface area contributed by atoms with Crippen LogP contribution in [0.4, 0.5) is 5.13 Å². The standard InChI is InChI=1S/C19H17N3OS/c23-18(22-19-21-16-9-3-4-10-17(16)24-19)11-5-6-13-12-20-15-8-2-1-7-14(13)15/h1-4,7-10,12,20H,5-6,11H2,(H,21,22,23). The van der Waals surface area contributed by atoms with Gasteiger partial charge in [-0.15, -0.1) is 0 Å².